The molecule has 0 N–H and O–H groups in total. The van der Waals surface area contributed by atoms with Crippen LogP contribution < -0.4 is 4.74 Å². The summed E-state index contributed by atoms with van der Waals surface area (Å²) in [6.07, 6.45) is 0.802. The predicted molar refractivity (Wildman–Crippen MR) is 151 cm³/mol. The molecule has 0 amide bonds. The Morgan fingerprint density at radius 2 is 1.51 bits per heavy atom. The summed E-state index contributed by atoms with van der Waals surface area (Å²) in [7, 11) is -2.32. The molecule has 0 aliphatic carbocycles. The molecule has 37 heavy (non-hydrogen) atoms. The zero-order valence-electron chi connectivity index (χ0n) is 23.2. The maximum Gasteiger partial charge on any atom is 0.266 e. The molecular formula is C31H38N2O3S. The SMILES string of the molecule is COc1ccc(C2c3cccc(C)c3C(=NC(C)(C)CC(C)(C)C)N2S(=O)(=O)c2ccc(C)cc2)cc1. The molecule has 0 radical (unpaired) electrons. The fourth-order valence-corrected chi connectivity index (χ4v) is 7.07. The number of aryl methyl sites for hydroxylation is 2. The van der Waals surface area contributed by atoms with Crippen LogP contribution in [0.25, 0.3) is 0 Å². The molecule has 3 aromatic carbocycles. The third-order valence-corrected chi connectivity index (χ3v) is 8.42. The molecule has 1 atom stereocenters. The lowest BCUT2D eigenvalue weighted by Crippen LogP contribution is -2.38. The smallest absolute Gasteiger partial charge is 0.266 e. The van der Waals surface area contributed by atoms with Crippen molar-refractivity contribution in [3.05, 3.63) is 94.5 Å². The Labute approximate surface area is 222 Å². The molecule has 4 rings (SSSR count). The summed E-state index contributed by atoms with van der Waals surface area (Å²) >= 11 is 0. The van der Waals surface area contributed by atoms with E-state index in [0.29, 0.717) is 5.84 Å². The second-order valence-corrected chi connectivity index (χ2v) is 13.6. The van der Waals surface area contributed by atoms with Gasteiger partial charge in [0.25, 0.3) is 10.0 Å². The van der Waals surface area contributed by atoms with Crippen LogP contribution in [0.15, 0.2) is 76.6 Å². The van der Waals surface area contributed by atoms with Crippen molar-refractivity contribution in [1.29, 1.82) is 0 Å². The van der Waals surface area contributed by atoms with Gasteiger partial charge in [-0.15, -0.1) is 0 Å². The Balaban J connectivity index is 2.02. The van der Waals surface area contributed by atoms with Crippen molar-refractivity contribution in [2.75, 3.05) is 7.11 Å². The van der Waals surface area contributed by atoms with E-state index in [4.69, 9.17) is 9.73 Å². The Morgan fingerprint density at radius 3 is 2.08 bits per heavy atom. The summed E-state index contributed by atoms with van der Waals surface area (Å²) < 4.78 is 35.8. The fraction of sp³-hybridized carbons (Fsp3) is 0.387. The molecule has 0 saturated carbocycles. The van der Waals surface area contributed by atoms with Crippen molar-refractivity contribution in [3.8, 4) is 5.75 Å². The van der Waals surface area contributed by atoms with Gasteiger partial charge in [-0.05, 0) is 80.5 Å². The van der Waals surface area contributed by atoms with E-state index in [1.165, 1.54) is 0 Å². The summed E-state index contributed by atoms with van der Waals surface area (Å²) in [6.45, 7) is 14.7. The number of benzene rings is 3. The molecule has 6 heteroatoms. The van der Waals surface area contributed by atoms with Crippen LogP contribution in [-0.2, 0) is 10.0 Å². The lowest BCUT2D eigenvalue weighted by atomic mass is 9.82. The lowest BCUT2D eigenvalue weighted by molar-refractivity contribution is 0.287. The van der Waals surface area contributed by atoms with Crippen LogP contribution >= 0.6 is 0 Å². The van der Waals surface area contributed by atoms with E-state index in [1.807, 2.05) is 68.4 Å². The summed E-state index contributed by atoms with van der Waals surface area (Å²) in [5.41, 5.74) is 4.24. The molecule has 1 heterocycles. The van der Waals surface area contributed by atoms with Crippen molar-refractivity contribution in [2.45, 2.75) is 71.4 Å². The highest BCUT2D eigenvalue weighted by Crippen LogP contribution is 2.45. The Kier molecular flexibility index (Phi) is 7.02. The van der Waals surface area contributed by atoms with Gasteiger partial charge in [-0.25, -0.2) is 12.7 Å². The third-order valence-electron chi connectivity index (χ3n) is 6.65. The Morgan fingerprint density at radius 1 is 0.892 bits per heavy atom. The molecule has 1 aliphatic heterocycles. The molecule has 5 nitrogen and oxygen atoms in total. The highest BCUT2D eigenvalue weighted by Gasteiger charge is 2.45. The van der Waals surface area contributed by atoms with E-state index in [2.05, 4.69) is 34.6 Å². The van der Waals surface area contributed by atoms with E-state index >= 15 is 0 Å². The van der Waals surface area contributed by atoms with Gasteiger partial charge in [0.05, 0.1) is 23.6 Å². The fourth-order valence-electron chi connectivity index (χ4n) is 5.49. The van der Waals surface area contributed by atoms with E-state index in [9.17, 15) is 8.42 Å². The average molecular weight is 519 g/mol. The average Bonchev–Trinajstić information content (AvgIpc) is 3.13. The number of rotatable bonds is 6. The molecular weight excluding hydrogens is 480 g/mol. The predicted octanol–water partition coefficient (Wildman–Crippen LogP) is 7.07. The Hall–Kier alpha value is -3.12. The van der Waals surface area contributed by atoms with Crippen LogP contribution in [0.4, 0.5) is 0 Å². The summed E-state index contributed by atoms with van der Waals surface area (Å²) in [4.78, 5) is 5.49. The van der Waals surface area contributed by atoms with Crippen LogP contribution in [0.3, 0.4) is 0 Å². The summed E-state index contributed by atoms with van der Waals surface area (Å²) in [5.74, 6) is 1.23. The lowest BCUT2D eigenvalue weighted by Gasteiger charge is -2.32. The standard InChI is InChI=1S/C31H38N2O3S/c1-21-12-18-25(19-13-21)37(34,35)33-28(23-14-16-24(36-8)17-15-23)26-11-9-10-22(2)27(26)29(33)32-31(6,7)20-30(3,4)5/h9-19,28H,20H2,1-8H3. The second-order valence-electron chi connectivity index (χ2n) is 11.8. The zero-order chi connectivity index (χ0) is 27.2. The Bertz CT molecular complexity index is 1410. The number of hydrogen-bond acceptors (Lipinski definition) is 4. The highest BCUT2D eigenvalue weighted by molar-refractivity contribution is 7.89. The molecule has 0 spiro atoms. The van der Waals surface area contributed by atoms with Crippen LogP contribution in [0.1, 0.15) is 74.9 Å². The van der Waals surface area contributed by atoms with Gasteiger partial charge >= 0.3 is 0 Å². The van der Waals surface area contributed by atoms with Gasteiger partial charge in [-0.1, -0.05) is 68.8 Å². The van der Waals surface area contributed by atoms with E-state index in [0.717, 1.165) is 40.0 Å². The van der Waals surface area contributed by atoms with E-state index in [1.54, 1.807) is 23.5 Å². The minimum absolute atomic E-state index is 0.0246. The van der Waals surface area contributed by atoms with Gasteiger partial charge in [0.15, 0.2) is 0 Å². The normalized spacial score (nSPS) is 17.2. The molecule has 0 fully saturated rings. The minimum atomic E-state index is -3.95. The summed E-state index contributed by atoms with van der Waals surface area (Å²) in [5, 5.41) is 0. The van der Waals surface area contributed by atoms with Crippen molar-refractivity contribution < 1.29 is 13.2 Å². The first kappa shape index (κ1) is 26.9. The number of fused-ring (bicyclic) bond motifs is 1. The number of methoxy groups -OCH3 is 1. The van der Waals surface area contributed by atoms with Crippen molar-refractivity contribution in [2.24, 2.45) is 10.4 Å². The van der Waals surface area contributed by atoms with Gasteiger partial charge in [0.1, 0.15) is 11.6 Å². The number of ether oxygens (including phenoxy) is 1. The molecule has 196 valence electrons. The van der Waals surface area contributed by atoms with Gasteiger partial charge < -0.3 is 4.74 Å². The van der Waals surface area contributed by atoms with E-state index in [-0.39, 0.29) is 10.3 Å². The first-order chi connectivity index (χ1) is 17.2. The van der Waals surface area contributed by atoms with Crippen molar-refractivity contribution in [1.82, 2.24) is 4.31 Å². The number of nitrogens with zero attached hydrogens (tertiary/aromatic N) is 2. The molecule has 1 unspecified atom stereocenters. The van der Waals surface area contributed by atoms with Crippen molar-refractivity contribution in [3.63, 3.8) is 0 Å². The molecule has 3 aromatic rings. The maximum absolute atomic E-state index is 14.4. The van der Waals surface area contributed by atoms with Gasteiger partial charge in [-0.2, -0.15) is 0 Å². The van der Waals surface area contributed by atoms with Gasteiger partial charge in [0, 0.05) is 5.56 Å². The third kappa shape index (κ3) is 5.45. The highest BCUT2D eigenvalue weighted by atomic mass is 32.2. The minimum Gasteiger partial charge on any atom is -0.497 e. The van der Waals surface area contributed by atoms with Crippen LogP contribution in [-0.4, -0.2) is 31.2 Å². The number of sulfonamides is 1. The molecule has 0 bridgehead atoms. The van der Waals surface area contributed by atoms with Crippen LogP contribution in [0, 0.1) is 19.3 Å². The largest absolute Gasteiger partial charge is 0.497 e. The van der Waals surface area contributed by atoms with Crippen LogP contribution in [0.2, 0.25) is 0 Å². The number of amidine groups is 1. The van der Waals surface area contributed by atoms with Gasteiger partial charge in [0.2, 0.25) is 0 Å². The second kappa shape index (κ2) is 9.64. The quantitative estimate of drug-likeness (QED) is 0.351. The molecule has 0 saturated heterocycles. The van der Waals surface area contributed by atoms with Gasteiger partial charge in [-0.3, -0.25) is 4.99 Å². The first-order valence-corrected chi connectivity index (χ1v) is 14.1. The first-order valence-electron chi connectivity index (χ1n) is 12.7. The zero-order valence-corrected chi connectivity index (χ0v) is 24.0. The van der Waals surface area contributed by atoms with E-state index < -0.39 is 21.6 Å². The maximum atomic E-state index is 14.4. The topological polar surface area (TPSA) is 59.0 Å². The van der Waals surface area contributed by atoms with Crippen LogP contribution in [0.5, 0.6) is 5.75 Å². The molecule has 0 aromatic heterocycles. The monoisotopic (exact) mass is 518 g/mol. The number of hydrogen-bond donors (Lipinski definition) is 0. The van der Waals surface area contributed by atoms with Crippen molar-refractivity contribution >= 4 is 15.9 Å². The number of aliphatic imine (C=N–C) groups is 1. The molecule has 1 aliphatic rings. The summed E-state index contributed by atoms with van der Waals surface area (Å²) in [6, 6.07) is 20.2.